The van der Waals surface area contributed by atoms with E-state index >= 15 is 0 Å². The summed E-state index contributed by atoms with van der Waals surface area (Å²) < 4.78 is 42.1. The van der Waals surface area contributed by atoms with Gasteiger partial charge in [0.15, 0.2) is 0 Å². The van der Waals surface area contributed by atoms with Gasteiger partial charge in [0, 0.05) is 30.8 Å². The van der Waals surface area contributed by atoms with Crippen LogP contribution in [0.25, 0.3) is 11.3 Å². The van der Waals surface area contributed by atoms with Crippen LogP contribution in [0.3, 0.4) is 0 Å². The van der Waals surface area contributed by atoms with Crippen molar-refractivity contribution in [1.29, 1.82) is 0 Å². The number of aryl methyl sites for hydroxylation is 1. The number of hydrogen-bond acceptors (Lipinski definition) is 3. The van der Waals surface area contributed by atoms with Crippen LogP contribution < -0.4 is 5.32 Å². The summed E-state index contributed by atoms with van der Waals surface area (Å²) in [5.74, 6) is 0.431. The summed E-state index contributed by atoms with van der Waals surface area (Å²) >= 11 is 0. The summed E-state index contributed by atoms with van der Waals surface area (Å²) in [6, 6.07) is 18.2. The second-order valence-corrected chi connectivity index (χ2v) is 8.46. The van der Waals surface area contributed by atoms with Crippen LogP contribution >= 0.6 is 0 Å². The summed E-state index contributed by atoms with van der Waals surface area (Å²) in [5, 5.41) is 3.32. The Balaban J connectivity index is 1.38. The summed E-state index contributed by atoms with van der Waals surface area (Å²) in [4.78, 5) is 19.5. The lowest BCUT2D eigenvalue weighted by molar-refractivity contribution is -0.132. The predicted octanol–water partition coefficient (Wildman–Crippen LogP) is 5.69. The number of nitrogens with zero attached hydrogens (tertiary/aromatic N) is 3. The lowest BCUT2D eigenvalue weighted by Crippen LogP contribution is -2.38. The minimum Gasteiger partial charge on any atom is -0.340 e. The molecule has 35 heavy (non-hydrogen) atoms. The molecule has 5 rings (SSSR count). The number of imidazole rings is 1. The number of hydrogen-bond donors (Lipinski definition) is 1. The molecule has 0 aliphatic carbocycles. The zero-order chi connectivity index (χ0) is 24.4. The van der Waals surface area contributed by atoms with Gasteiger partial charge < -0.3 is 14.8 Å². The minimum atomic E-state index is -0.344. The molecule has 0 saturated carbocycles. The first-order valence-electron chi connectivity index (χ1n) is 11.4. The molecule has 1 N–H and O–H groups in total. The first-order valence-corrected chi connectivity index (χ1v) is 11.4. The molecule has 0 unspecified atom stereocenters. The number of fused-ring (bicyclic) bond motifs is 1. The first kappa shape index (κ1) is 22.7. The van der Waals surface area contributed by atoms with Gasteiger partial charge in [-0.3, -0.25) is 4.79 Å². The number of rotatable bonds is 6. The predicted molar refractivity (Wildman–Crippen MR) is 127 cm³/mol. The van der Waals surface area contributed by atoms with Gasteiger partial charge in [-0.05, 0) is 72.6 Å². The third-order valence-electron chi connectivity index (χ3n) is 6.09. The fraction of sp³-hybridized carbons (Fsp3) is 0.185. The first-order chi connectivity index (χ1) is 17.0. The molecule has 178 valence electrons. The van der Waals surface area contributed by atoms with Crippen LogP contribution in [0.5, 0.6) is 0 Å². The van der Waals surface area contributed by atoms with Crippen LogP contribution in [0.1, 0.15) is 17.8 Å². The zero-order valence-electron chi connectivity index (χ0n) is 18.8. The van der Waals surface area contributed by atoms with Crippen LogP contribution in [0.2, 0.25) is 0 Å². The Labute approximate surface area is 200 Å². The molecule has 0 bridgehead atoms. The fourth-order valence-corrected chi connectivity index (χ4v) is 4.21. The molecule has 1 aliphatic heterocycles. The van der Waals surface area contributed by atoms with Crippen molar-refractivity contribution in [1.82, 2.24) is 14.5 Å². The SMILES string of the molecule is O=C(CCc1ccc(F)cc1)N1CCn2c(nc(-c3ccc(F)cc3)c2Nc2ccc(F)cc2)C1. The summed E-state index contributed by atoms with van der Waals surface area (Å²) in [6.45, 7) is 1.36. The van der Waals surface area contributed by atoms with Crippen molar-refractivity contribution in [3.63, 3.8) is 0 Å². The van der Waals surface area contributed by atoms with Crippen LogP contribution in [-0.2, 0) is 24.3 Å². The van der Waals surface area contributed by atoms with E-state index in [1.165, 1.54) is 36.4 Å². The number of halogens is 3. The summed E-state index contributed by atoms with van der Waals surface area (Å²) in [7, 11) is 0. The van der Waals surface area contributed by atoms with E-state index in [2.05, 4.69) is 5.32 Å². The highest BCUT2D eigenvalue weighted by Crippen LogP contribution is 2.33. The Morgan fingerprint density at radius 2 is 1.43 bits per heavy atom. The maximum Gasteiger partial charge on any atom is 0.223 e. The van der Waals surface area contributed by atoms with Gasteiger partial charge in [0.2, 0.25) is 5.91 Å². The maximum atomic E-state index is 13.5. The van der Waals surface area contributed by atoms with Gasteiger partial charge in [0.1, 0.15) is 34.8 Å². The number of benzene rings is 3. The topological polar surface area (TPSA) is 50.2 Å². The Hall–Kier alpha value is -4.07. The molecule has 3 aromatic carbocycles. The van der Waals surface area contributed by atoms with E-state index in [9.17, 15) is 18.0 Å². The van der Waals surface area contributed by atoms with E-state index in [0.29, 0.717) is 55.5 Å². The molecular weight excluding hydrogens is 453 g/mol. The van der Waals surface area contributed by atoms with Crippen molar-refractivity contribution in [3.8, 4) is 11.3 Å². The quantitative estimate of drug-likeness (QED) is 0.389. The van der Waals surface area contributed by atoms with Crippen molar-refractivity contribution >= 4 is 17.4 Å². The smallest absolute Gasteiger partial charge is 0.223 e. The number of anilines is 2. The molecule has 0 atom stereocenters. The molecule has 0 fully saturated rings. The Morgan fingerprint density at radius 1 is 0.829 bits per heavy atom. The average Bonchev–Trinajstić information content (AvgIpc) is 3.22. The normalized spacial score (nSPS) is 12.9. The van der Waals surface area contributed by atoms with Crippen molar-refractivity contribution in [2.75, 3.05) is 11.9 Å². The molecule has 4 aromatic rings. The second-order valence-electron chi connectivity index (χ2n) is 8.46. The zero-order valence-corrected chi connectivity index (χ0v) is 18.8. The lowest BCUT2D eigenvalue weighted by Gasteiger charge is -2.28. The Bertz CT molecular complexity index is 1330. The summed E-state index contributed by atoms with van der Waals surface area (Å²) in [6.07, 6.45) is 0.847. The maximum absolute atomic E-state index is 13.5. The van der Waals surface area contributed by atoms with Crippen LogP contribution in [-0.4, -0.2) is 26.9 Å². The number of carbonyl (C=O) groups excluding carboxylic acids is 1. The number of amides is 1. The standard InChI is InChI=1S/C27H23F3N4O/c28-20-6-1-18(2-7-20)3-14-25(35)33-15-16-34-24(17-33)32-26(19-4-8-21(29)9-5-19)27(34)31-23-12-10-22(30)11-13-23/h1-2,4-13,31H,3,14-17H2. The van der Waals surface area contributed by atoms with E-state index in [0.717, 1.165) is 11.1 Å². The molecule has 0 radical (unpaired) electrons. The molecule has 2 heterocycles. The van der Waals surface area contributed by atoms with Gasteiger partial charge in [0.25, 0.3) is 0 Å². The van der Waals surface area contributed by atoms with E-state index in [1.54, 1.807) is 41.3 Å². The second kappa shape index (κ2) is 9.66. The lowest BCUT2D eigenvalue weighted by atomic mass is 10.1. The van der Waals surface area contributed by atoms with Crippen molar-refractivity contribution in [3.05, 3.63) is 102 Å². The van der Waals surface area contributed by atoms with Crippen molar-refractivity contribution < 1.29 is 18.0 Å². The van der Waals surface area contributed by atoms with Gasteiger partial charge in [0.05, 0.1) is 6.54 Å². The van der Waals surface area contributed by atoms with Gasteiger partial charge in [-0.25, -0.2) is 18.2 Å². The van der Waals surface area contributed by atoms with Gasteiger partial charge in [-0.2, -0.15) is 0 Å². The van der Waals surface area contributed by atoms with E-state index < -0.39 is 0 Å². The molecule has 0 saturated heterocycles. The minimum absolute atomic E-state index is 0.0000454. The van der Waals surface area contributed by atoms with Crippen LogP contribution in [0.4, 0.5) is 24.7 Å². The third kappa shape index (κ3) is 5.06. The fourth-order valence-electron chi connectivity index (χ4n) is 4.21. The van der Waals surface area contributed by atoms with Gasteiger partial charge >= 0.3 is 0 Å². The van der Waals surface area contributed by atoms with Gasteiger partial charge in [-0.1, -0.05) is 12.1 Å². The molecule has 1 amide bonds. The highest BCUT2D eigenvalue weighted by atomic mass is 19.1. The Morgan fingerprint density at radius 3 is 2.09 bits per heavy atom. The van der Waals surface area contributed by atoms with Crippen LogP contribution in [0, 0.1) is 17.5 Å². The molecular formula is C27H23F3N4O. The highest BCUT2D eigenvalue weighted by molar-refractivity contribution is 5.78. The molecule has 5 nitrogen and oxygen atoms in total. The molecule has 8 heteroatoms. The molecule has 1 aromatic heterocycles. The average molecular weight is 477 g/mol. The van der Waals surface area contributed by atoms with E-state index in [1.807, 2.05) is 4.57 Å². The molecule has 0 spiro atoms. The van der Waals surface area contributed by atoms with E-state index in [4.69, 9.17) is 4.98 Å². The summed E-state index contributed by atoms with van der Waals surface area (Å²) in [5.41, 5.74) is 2.95. The number of aromatic nitrogens is 2. The number of nitrogens with one attached hydrogen (secondary N) is 1. The largest absolute Gasteiger partial charge is 0.340 e. The Kier molecular flexibility index (Phi) is 6.27. The monoisotopic (exact) mass is 476 g/mol. The van der Waals surface area contributed by atoms with E-state index in [-0.39, 0.29) is 23.4 Å². The van der Waals surface area contributed by atoms with Crippen molar-refractivity contribution in [2.24, 2.45) is 0 Å². The number of carbonyl (C=O) groups is 1. The molecule has 1 aliphatic rings. The highest BCUT2D eigenvalue weighted by Gasteiger charge is 2.27. The van der Waals surface area contributed by atoms with Crippen LogP contribution in [0.15, 0.2) is 72.8 Å². The third-order valence-corrected chi connectivity index (χ3v) is 6.09. The van der Waals surface area contributed by atoms with Gasteiger partial charge in [-0.15, -0.1) is 0 Å². The van der Waals surface area contributed by atoms with Crippen molar-refractivity contribution in [2.45, 2.75) is 25.9 Å².